The lowest BCUT2D eigenvalue weighted by atomic mass is 9.89. The van der Waals surface area contributed by atoms with Crippen molar-refractivity contribution >= 4 is 11.9 Å². The van der Waals surface area contributed by atoms with Gasteiger partial charge in [-0.3, -0.25) is 5.41 Å². The van der Waals surface area contributed by atoms with Gasteiger partial charge in [-0.1, -0.05) is 25.7 Å². The minimum absolute atomic E-state index is 0.0876. The van der Waals surface area contributed by atoms with Crippen LogP contribution in [-0.4, -0.2) is 36.4 Å². The van der Waals surface area contributed by atoms with Crippen molar-refractivity contribution in [3.63, 3.8) is 0 Å². The Kier molecular flexibility index (Phi) is 4.15. The molecule has 0 aromatic heterocycles. The fourth-order valence-corrected chi connectivity index (χ4v) is 2.11. The molecule has 2 amide bonds. The van der Waals surface area contributed by atoms with Gasteiger partial charge in [-0.15, -0.1) is 0 Å². The molecule has 0 atom stereocenters. The maximum atomic E-state index is 11.7. The number of carbonyl (C=O) groups is 1. The van der Waals surface area contributed by atoms with Crippen LogP contribution in [0.25, 0.3) is 0 Å². The van der Waals surface area contributed by atoms with Crippen molar-refractivity contribution in [3.8, 4) is 0 Å². The number of rotatable bonds is 2. The van der Waals surface area contributed by atoms with Crippen LogP contribution in [-0.2, 0) is 0 Å². The molecule has 0 bridgehead atoms. The highest BCUT2D eigenvalue weighted by molar-refractivity contribution is 5.91. The van der Waals surface area contributed by atoms with E-state index in [2.05, 4.69) is 5.32 Å². The van der Waals surface area contributed by atoms with Crippen LogP contribution in [0.4, 0.5) is 4.79 Å². The second-order valence-electron chi connectivity index (χ2n) is 4.73. The number of nitrogens with one attached hydrogen (secondary N) is 2. The first-order chi connectivity index (χ1) is 7.48. The molecule has 0 spiro atoms. The Morgan fingerprint density at radius 3 is 2.12 bits per heavy atom. The fourth-order valence-electron chi connectivity index (χ4n) is 2.11. The van der Waals surface area contributed by atoms with Crippen molar-refractivity contribution in [1.29, 1.82) is 5.41 Å². The number of hydrogen-bond donors (Lipinski definition) is 3. The molecular weight excluding hydrogens is 204 g/mol. The highest BCUT2D eigenvalue weighted by atomic mass is 16.2. The van der Waals surface area contributed by atoms with E-state index in [1.54, 1.807) is 14.1 Å². The van der Waals surface area contributed by atoms with Gasteiger partial charge in [0.15, 0.2) is 0 Å². The third-order valence-corrected chi connectivity index (χ3v) is 3.23. The highest BCUT2D eigenvalue weighted by Gasteiger charge is 2.36. The molecule has 0 aromatic rings. The van der Waals surface area contributed by atoms with E-state index in [-0.39, 0.29) is 11.9 Å². The fraction of sp³-hybridized carbons (Fsp3) is 0.818. The van der Waals surface area contributed by atoms with E-state index in [0.717, 1.165) is 38.5 Å². The van der Waals surface area contributed by atoms with Crippen molar-refractivity contribution in [2.75, 3.05) is 14.1 Å². The van der Waals surface area contributed by atoms with Crippen molar-refractivity contribution < 1.29 is 4.79 Å². The van der Waals surface area contributed by atoms with Crippen LogP contribution in [0.5, 0.6) is 0 Å². The van der Waals surface area contributed by atoms with E-state index < -0.39 is 5.54 Å². The van der Waals surface area contributed by atoms with Gasteiger partial charge in [0, 0.05) is 14.1 Å². The molecule has 4 N–H and O–H groups in total. The van der Waals surface area contributed by atoms with E-state index in [1.165, 1.54) is 4.90 Å². The Hall–Kier alpha value is -1.26. The first-order valence-corrected chi connectivity index (χ1v) is 5.82. The van der Waals surface area contributed by atoms with E-state index in [1.807, 2.05) is 0 Å². The molecule has 0 radical (unpaired) electrons. The molecule has 1 saturated carbocycles. The summed E-state index contributed by atoms with van der Waals surface area (Å²) in [4.78, 5) is 13.2. The van der Waals surface area contributed by atoms with E-state index in [0.29, 0.717) is 0 Å². The predicted octanol–water partition coefficient (Wildman–Crippen LogP) is 1.29. The molecule has 1 fully saturated rings. The summed E-state index contributed by atoms with van der Waals surface area (Å²) < 4.78 is 0. The molecule has 1 aliphatic carbocycles. The standard InChI is InChI=1S/C11H22N4O/c1-15(2)10(16)14-11(9(12)13)7-5-3-4-6-8-11/h3-8H2,1-2H3,(H3,12,13)(H,14,16). The number of amides is 2. The molecule has 0 unspecified atom stereocenters. The lowest BCUT2D eigenvalue weighted by molar-refractivity contribution is 0.206. The summed E-state index contributed by atoms with van der Waals surface area (Å²) in [5.74, 6) is 0.0876. The Bertz CT molecular complexity index is 265. The topological polar surface area (TPSA) is 82.2 Å². The molecular formula is C11H22N4O. The molecule has 5 heteroatoms. The number of nitrogens with two attached hydrogens (primary N) is 1. The minimum atomic E-state index is -0.613. The maximum Gasteiger partial charge on any atom is 0.317 e. The van der Waals surface area contributed by atoms with Gasteiger partial charge in [-0.2, -0.15) is 0 Å². The van der Waals surface area contributed by atoms with Gasteiger partial charge in [0.05, 0.1) is 5.54 Å². The summed E-state index contributed by atoms with van der Waals surface area (Å²) >= 11 is 0. The summed E-state index contributed by atoms with van der Waals surface area (Å²) in [5.41, 5.74) is 5.06. The number of hydrogen-bond acceptors (Lipinski definition) is 2. The average Bonchev–Trinajstić information content (AvgIpc) is 2.44. The zero-order valence-corrected chi connectivity index (χ0v) is 10.2. The zero-order chi connectivity index (χ0) is 12.2. The van der Waals surface area contributed by atoms with Crippen LogP contribution in [0, 0.1) is 5.41 Å². The largest absolute Gasteiger partial charge is 0.386 e. The molecule has 92 valence electrons. The summed E-state index contributed by atoms with van der Waals surface area (Å²) in [7, 11) is 3.39. The lowest BCUT2D eigenvalue weighted by Gasteiger charge is -2.33. The number of amidine groups is 1. The van der Waals surface area contributed by atoms with Crippen LogP contribution in [0.3, 0.4) is 0 Å². The van der Waals surface area contributed by atoms with Crippen LogP contribution in [0.2, 0.25) is 0 Å². The average molecular weight is 226 g/mol. The molecule has 0 heterocycles. The summed E-state index contributed by atoms with van der Waals surface area (Å²) in [6.45, 7) is 0. The molecule has 0 aliphatic heterocycles. The molecule has 0 aromatic carbocycles. The van der Waals surface area contributed by atoms with Gasteiger partial charge in [0.2, 0.25) is 0 Å². The molecule has 1 rings (SSSR count). The van der Waals surface area contributed by atoms with Crippen molar-refractivity contribution in [2.24, 2.45) is 5.73 Å². The summed E-state index contributed by atoms with van der Waals surface area (Å²) in [6, 6.07) is -0.169. The van der Waals surface area contributed by atoms with Crippen LogP contribution in [0.1, 0.15) is 38.5 Å². The van der Waals surface area contributed by atoms with Crippen LogP contribution < -0.4 is 11.1 Å². The predicted molar refractivity (Wildman–Crippen MR) is 64.6 cm³/mol. The molecule has 1 aliphatic rings. The number of nitrogens with zero attached hydrogens (tertiary/aromatic N) is 1. The summed E-state index contributed by atoms with van der Waals surface area (Å²) in [6.07, 6.45) is 5.92. The molecule has 16 heavy (non-hydrogen) atoms. The van der Waals surface area contributed by atoms with Gasteiger partial charge in [0.1, 0.15) is 5.84 Å². The monoisotopic (exact) mass is 226 g/mol. The van der Waals surface area contributed by atoms with E-state index in [4.69, 9.17) is 11.1 Å². The van der Waals surface area contributed by atoms with E-state index in [9.17, 15) is 4.79 Å². The van der Waals surface area contributed by atoms with Gasteiger partial charge < -0.3 is 16.0 Å². The second-order valence-corrected chi connectivity index (χ2v) is 4.73. The third kappa shape index (κ3) is 2.87. The van der Waals surface area contributed by atoms with Crippen LogP contribution >= 0.6 is 0 Å². The Morgan fingerprint density at radius 2 is 1.75 bits per heavy atom. The van der Waals surface area contributed by atoms with E-state index >= 15 is 0 Å². The first-order valence-electron chi connectivity index (χ1n) is 5.82. The van der Waals surface area contributed by atoms with Crippen LogP contribution in [0.15, 0.2) is 0 Å². The van der Waals surface area contributed by atoms with Crippen molar-refractivity contribution in [3.05, 3.63) is 0 Å². The maximum absolute atomic E-state index is 11.7. The lowest BCUT2D eigenvalue weighted by Crippen LogP contribution is -2.58. The summed E-state index contributed by atoms with van der Waals surface area (Å²) in [5, 5.41) is 10.6. The Balaban J connectivity index is 2.78. The van der Waals surface area contributed by atoms with Gasteiger partial charge >= 0.3 is 6.03 Å². The van der Waals surface area contributed by atoms with Crippen molar-refractivity contribution in [2.45, 2.75) is 44.1 Å². The SMILES string of the molecule is CN(C)C(=O)NC1(C(=N)N)CCCCCC1. The Labute approximate surface area is 96.9 Å². The minimum Gasteiger partial charge on any atom is -0.386 e. The number of urea groups is 1. The molecule has 5 nitrogen and oxygen atoms in total. The quantitative estimate of drug-likeness (QED) is 0.376. The van der Waals surface area contributed by atoms with Gasteiger partial charge in [-0.25, -0.2) is 4.79 Å². The number of carbonyl (C=O) groups excluding carboxylic acids is 1. The second kappa shape index (κ2) is 5.18. The molecule has 0 saturated heterocycles. The zero-order valence-electron chi connectivity index (χ0n) is 10.2. The van der Waals surface area contributed by atoms with Gasteiger partial charge in [0.25, 0.3) is 0 Å². The normalized spacial score (nSPS) is 19.6. The highest BCUT2D eigenvalue weighted by Crippen LogP contribution is 2.27. The smallest absolute Gasteiger partial charge is 0.317 e. The third-order valence-electron chi connectivity index (χ3n) is 3.23. The van der Waals surface area contributed by atoms with Gasteiger partial charge in [-0.05, 0) is 12.8 Å². The first kappa shape index (κ1) is 12.8. The van der Waals surface area contributed by atoms with Crippen molar-refractivity contribution in [1.82, 2.24) is 10.2 Å². The Morgan fingerprint density at radius 1 is 1.25 bits per heavy atom.